The Balaban J connectivity index is 1.67. The molecular weight excluding hydrogens is 359 g/mol. The van der Waals surface area contributed by atoms with E-state index in [-0.39, 0.29) is 35.4 Å². The Morgan fingerprint density at radius 3 is 2.71 bits per heavy atom. The molecular formula is C23H25FO4. The second-order valence-electron chi connectivity index (χ2n) is 8.79. The van der Waals surface area contributed by atoms with Crippen LogP contribution >= 0.6 is 0 Å². The fourth-order valence-corrected chi connectivity index (χ4v) is 5.79. The molecule has 0 unspecified atom stereocenters. The van der Waals surface area contributed by atoms with Gasteiger partial charge in [0, 0.05) is 23.3 Å². The monoisotopic (exact) mass is 384 g/mol. The number of carbonyl (C=O) groups is 3. The Morgan fingerprint density at radius 2 is 2.00 bits per heavy atom. The van der Waals surface area contributed by atoms with Crippen molar-refractivity contribution >= 4 is 17.5 Å². The lowest BCUT2D eigenvalue weighted by atomic mass is 9.52. The van der Waals surface area contributed by atoms with Crippen molar-refractivity contribution in [2.45, 2.75) is 46.2 Å². The third-order valence-corrected chi connectivity index (χ3v) is 7.22. The number of halogens is 1. The summed E-state index contributed by atoms with van der Waals surface area (Å²) in [7, 11) is 0. The van der Waals surface area contributed by atoms with Crippen molar-refractivity contribution in [1.29, 1.82) is 0 Å². The van der Waals surface area contributed by atoms with Crippen LogP contribution in [0.2, 0.25) is 0 Å². The summed E-state index contributed by atoms with van der Waals surface area (Å²) in [4.78, 5) is 35.5. The van der Waals surface area contributed by atoms with Gasteiger partial charge in [0.2, 0.25) is 0 Å². The highest BCUT2D eigenvalue weighted by Gasteiger charge is 2.56. The molecule has 0 bridgehead atoms. The van der Waals surface area contributed by atoms with E-state index in [0.717, 1.165) is 0 Å². The van der Waals surface area contributed by atoms with Gasteiger partial charge in [0.1, 0.15) is 6.17 Å². The average molecular weight is 384 g/mol. The predicted octanol–water partition coefficient (Wildman–Crippen LogP) is 3.83. The van der Waals surface area contributed by atoms with Gasteiger partial charge in [-0.15, -0.1) is 0 Å². The Hall–Kier alpha value is -2.30. The molecule has 0 aliphatic heterocycles. The van der Waals surface area contributed by atoms with E-state index < -0.39 is 17.6 Å². The van der Waals surface area contributed by atoms with Crippen molar-refractivity contribution in [2.24, 2.45) is 22.7 Å². The molecule has 1 saturated carbocycles. The van der Waals surface area contributed by atoms with Gasteiger partial charge in [-0.1, -0.05) is 30.7 Å². The molecule has 0 radical (unpaired) electrons. The molecule has 4 rings (SSSR count). The number of carbonyl (C=O) groups excluding carboxylic acids is 3. The Labute approximate surface area is 164 Å². The number of fused-ring (bicyclic) bond motifs is 5. The molecule has 5 heteroatoms. The van der Waals surface area contributed by atoms with E-state index in [1.165, 1.54) is 24.6 Å². The molecule has 0 amide bonds. The van der Waals surface area contributed by atoms with Crippen molar-refractivity contribution in [2.75, 3.05) is 6.61 Å². The molecule has 4 aliphatic carbocycles. The first-order valence-electron chi connectivity index (χ1n) is 9.84. The lowest BCUT2D eigenvalue weighted by molar-refractivity contribution is -0.145. The fourth-order valence-electron chi connectivity index (χ4n) is 5.79. The van der Waals surface area contributed by atoms with Crippen LogP contribution in [-0.2, 0) is 19.1 Å². The van der Waals surface area contributed by atoms with Crippen LogP contribution in [0.4, 0.5) is 4.39 Å². The highest BCUT2D eigenvalue weighted by atomic mass is 19.1. The molecule has 0 heterocycles. The van der Waals surface area contributed by atoms with E-state index in [1.54, 1.807) is 0 Å². The summed E-state index contributed by atoms with van der Waals surface area (Å²) in [5.74, 6) is -0.649. The summed E-state index contributed by atoms with van der Waals surface area (Å²) in [6.07, 6.45) is 9.51. The van der Waals surface area contributed by atoms with E-state index in [2.05, 4.69) is 13.0 Å². The third-order valence-electron chi connectivity index (χ3n) is 7.22. The van der Waals surface area contributed by atoms with Crippen molar-refractivity contribution in [3.63, 3.8) is 0 Å². The highest BCUT2D eigenvalue weighted by molar-refractivity contribution is 6.02. The van der Waals surface area contributed by atoms with Crippen molar-refractivity contribution in [3.05, 3.63) is 47.1 Å². The number of Topliss-reactive ketones (excluding diaryl/α,β-unsaturated/α-hetero) is 1. The van der Waals surface area contributed by atoms with Crippen LogP contribution in [-0.4, -0.2) is 30.3 Å². The summed E-state index contributed by atoms with van der Waals surface area (Å²) < 4.78 is 20.0. The second kappa shape index (κ2) is 6.36. The van der Waals surface area contributed by atoms with E-state index in [4.69, 9.17) is 4.74 Å². The molecule has 0 aromatic carbocycles. The maximum absolute atomic E-state index is 15.1. The molecule has 1 fully saturated rings. The zero-order valence-corrected chi connectivity index (χ0v) is 16.5. The number of ketones is 2. The van der Waals surface area contributed by atoms with Gasteiger partial charge in [-0.2, -0.15) is 0 Å². The normalized spacial score (nSPS) is 38.5. The number of hydrogen-bond donors (Lipinski definition) is 0. The number of ether oxygens (including phenoxy) is 1. The Bertz CT molecular complexity index is 892. The summed E-state index contributed by atoms with van der Waals surface area (Å²) in [6.45, 7) is 5.10. The van der Waals surface area contributed by atoms with Gasteiger partial charge in [0.15, 0.2) is 18.2 Å². The quantitative estimate of drug-likeness (QED) is 0.548. The van der Waals surface area contributed by atoms with Crippen LogP contribution in [0.5, 0.6) is 0 Å². The third kappa shape index (κ3) is 2.66. The van der Waals surface area contributed by atoms with Crippen LogP contribution in [0.3, 0.4) is 0 Å². The summed E-state index contributed by atoms with van der Waals surface area (Å²) >= 11 is 0. The minimum atomic E-state index is -1.16. The van der Waals surface area contributed by atoms with E-state index in [1.807, 2.05) is 19.1 Å². The van der Waals surface area contributed by atoms with Gasteiger partial charge in [-0.25, -0.2) is 4.39 Å². The maximum atomic E-state index is 15.1. The molecule has 4 nitrogen and oxygen atoms in total. The Morgan fingerprint density at radius 1 is 1.25 bits per heavy atom. The predicted molar refractivity (Wildman–Crippen MR) is 102 cm³/mol. The fraction of sp³-hybridized carbons (Fsp3) is 0.522. The van der Waals surface area contributed by atoms with Crippen LogP contribution in [0.1, 0.15) is 40.0 Å². The van der Waals surface area contributed by atoms with Crippen LogP contribution in [0.25, 0.3) is 0 Å². The lowest BCUT2D eigenvalue weighted by Crippen LogP contribution is -2.46. The number of esters is 1. The number of alkyl halides is 1. The van der Waals surface area contributed by atoms with Gasteiger partial charge >= 0.3 is 5.97 Å². The zero-order chi connectivity index (χ0) is 20.3. The largest absolute Gasteiger partial charge is 0.457 e. The van der Waals surface area contributed by atoms with E-state index in [9.17, 15) is 14.4 Å². The van der Waals surface area contributed by atoms with Crippen molar-refractivity contribution in [1.82, 2.24) is 0 Å². The second-order valence-corrected chi connectivity index (χ2v) is 8.79. The van der Waals surface area contributed by atoms with Crippen molar-refractivity contribution < 1.29 is 23.5 Å². The number of allylic oxidation sites excluding steroid dienone is 7. The summed E-state index contributed by atoms with van der Waals surface area (Å²) in [5, 5.41) is 0. The molecule has 5 atom stereocenters. The van der Waals surface area contributed by atoms with Crippen molar-refractivity contribution in [3.8, 4) is 0 Å². The first kappa shape index (κ1) is 19.0. The van der Waals surface area contributed by atoms with Crippen LogP contribution in [0, 0.1) is 22.7 Å². The molecule has 0 saturated heterocycles. The standard InChI is InChI=1S/C23H25FO4/c1-13(25)28-12-21(27)18-5-4-16-15-11-20(24)19-10-14(26)6-8-23(19,3)17(15)7-9-22(16,18)2/h5-8,10,15-16,20H,4,9,11-12H2,1-3H3/t15-,16-,20+,22-,23+/m0/s1. The van der Waals surface area contributed by atoms with Gasteiger partial charge in [-0.05, 0) is 55.7 Å². The molecule has 0 aromatic heterocycles. The van der Waals surface area contributed by atoms with E-state index in [0.29, 0.717) is 30.4 Å². The molecule has 0 N–H and O–H groups in total. The summed E-state index contributed by atoms with van der Waals surface area (Å²) in [6, 6.07) is 0. The summed E-state index contributed by atoms with van der Waals surface area (Å²) in [5.41, 5.74) is 1.48. The van der Waals surface area contributed by atoms with Gasteiger partial charge in [-0.3, -0.25) is 14.4 Å². The molecule has 28 heavy (non-hydrogen) atoms. The highest BCUT2D eigenvalue weighted by Crippen LogP contribution is 2.62. The van der Waals surface area contributed by atoms with Gasteiger partial charge in [0.25, 0.3) is 0 Å². The molecule has 148 valence electrons. The molecule has 4 aliphatic rings. The van der Waals surface area contributed by atoms with Gasteiger partial charge < -0.3 is 4.74 Å². The molecule has 0 aromatic rings. The minimum Gasteiger partial charge on any atom is -0.457 e. The molecule has 0 spiro atoms. The van der Waals surface area contributed by atoms with E-state index >= 15 is 4.39 Å². The number of rotatable bonds is 3. The smallest absolute Gasteiger partial charge is 0.303 e. The Kier molecular flexibility index (Phi) is 4.32. The average Bonchev–Trinajstić information content (AvgIpc) is 2.99. The minimum absolute atomic E-state index is 0.0176. The van der Waals surface area contributed by atoms with Crippen LogP contribution in [0.15, 0.2) is 47.1 Å². The zero-order valence-electron chi connectivity index (χ0n) is 16.5. The maximum Gasteiger partial charge on any atom is 0.303 e. The van der Waals surface area contributed by atoms with Gasteiger partial charge in [0.05, 0.1) is 0 Å². The lowest BCUT2D eigenvalue weighted by Gasteiger charge is -2.52. The topological polar surface area (TPSA) is 60.4 Å². The first-order valence-corrected chi connectivity index (χ1v) is 9.84. The SMILES string of the molecule is CC(=O)OCC(=O)C1=CC[C@H]2[C@@H]3C[C@@H](F)C4=CC(=O)C=C[C@]4(C)C3=CC[C@]12C. The first-order chi connectivity index (χ1) is 13.2. The van der Waals surface area contributed by atoms with Crippen LogP contribution < -0.4 is 0 Å². The number of hydrogen-bond acceptors (Lipinski definition) is 4.